The minimum absolute atomic E-state index is 0.301. The molecule has 0 aromatic carbocycles. The quantitative estimate of drug-likeness (QED) is 0.260. The fourth-order valence-corrected chi connectivity index (χ4v) is 2.48. The number of esters is 1. The highest BCUT2D eigenvalue weighted by atomic mass is 32.1. The SMILES string of the molecule is CCC(C)CCCC(CC=CC(C)=CC(=O)OC)C(C)S. The van der Waals surface area contributed by atoms with Gasteiger partial charge in [-0.15, -0.1) is 0 Å². The topological polar surface area (TPSA) is 26.3 Å². The summed E-state index contributed by atoms with van der Waals surface area (Å²) in [5.41, 5.74) is 0.923. The maximum absolute atomic E-state index is 11.1. The van der Waals surface area contributed by atoms with Gasteiger partial charge in [0.1, 0.15) is 0 Å². The normalized spacial score (nSPS) is 16.8. The number of thiol groups is 1. The van der Waals surface area contributed by atoms with Gasteiger partial charge in [0.05, 0.1) is 7.11 Å². The van der Waals surface area contributed by atoms with Crippen LogP contribution in [0.1, 0.15) is 59.8 Å². The molecule has 0 aliphatic heterocycles. The lowest BCUT2D eigenvalue weighted by atomic mass is 9.92. The Morgan fingerprint density at radius 1 is 1.29 bits per heavy atom. The van der Waals surface area contributed by atoms with Crippen LogP contribution in [0.2, 0.25) is 0 Å². The first-order valence-electron chi connectivity index (χ1n) is 8.01. The molecule has 0 fully saturated rings. The monoisotopic (exact) mass is 312 g/mol. The Kier molecular flexibility index (Phi) is 11.5. The zero-order valence-electron chi connectivity index (χ0n) is 14.3. The molecule has 0 radical (unpaired) electrons. The van der Waals surface area contributed by atoms with Crippen molar-refractivity contribution in [2.75, 3.05) is 7.11 Å². The van der Waals surface area contributed by atoms with E-state index in [0.29, 0.717) is 11.2 Å². The van der Waals surface area contributed by atoms with Gasteiger partial charge in [-0.1, -0.05) is 52.2 Å². The Labute approximate surface area is 136 Å². The Balaban J connectivity index is 4.26. The molecule has 122 valence electrons. The summed E-state index contributed by atoms with van der Waals surface area (Å²) >= 11 is 4.61. The van der Waals surface area contributed by atoms with Crippen LogP contribution in [0.25, 0.3) is 0 Å². The van der Waals surface area contributed by atoms with E-state index in [1.54, 1.807) is 0 Å². The first-order valence-corrected chi connectivity index (χ1v) is 8.53. The van der Waals surface area contributed by atoms with Crippen molar-refractivity contribution < 1.29 is 9.53 Å². The number of rotatable bonds is 10. The van der Waals surface area contributed by atoms with E-state index in [1.165, 1.54) is 38.9 Å². The lowest BCUT2D eigenvalue weighted by Gasteiger charge is -2.19. The Bertz CT molecular complexity index is 345. The highest BCUT2D eigenvalue weighted by Crippen LogP contribution is 2.23. The van der Waals surface area contributed by atoms with Crippen molar-refractivity contribution in [3.8, 4) is 0 Å². The largest absolute Gasteiger partial charge is 0.466 e. The molecule has 3 unspecified atom stereocenters. The van der Waals surface area contributed by atoms with Gasteiger partial charge < -0.3 is 4.74 Å². The third-order valence-corrected chi connectivity index (χ3v) is 4.44. The molecular weight excluding hydrogens is 280 g/mol. The summed E-state index contributed by atoms with van der Waals surface area (Å²) in [6.45, 7) is 8.65. The summed E-state index contributed by atoms with van der Waals surface area (Å²) in [6, 6.07) is 0. The van der Waals surface area contributed by atoms with Crippen molar-refractivity contribution in [2.24, 2.45) is 11.8 Å². The molecule has 0 saturated heterocycles. The molecule has 0 rings (SSSR count). The lowest BCUT2D eigenvalue weighted by Crippen LogP contribution is -2.11. The predicted molar refractivity (Wildman–Crippen MR) is 94.8 cm³/mol. The lowest BCUT2D eigenvalue weighted by molar-refractivity contribution is -0.134. The van der Waals surface area contributed by atoms with Crippen LogP contribution in [-0.4, -0.2) is 18.3 Å². The molecule has 0 aliphatic carbocycles. The second-order valence-electron chi connectivity index (χ2n) is 5.99. The standard InChI is InChI=1S/C18H32O2S/c1-6-14(2)9-7-11-17(16(4)21)12-8-10-15(3)13-18(19)20-5/h8,10,13-14,16-17,21H,6-7,9,11-12H2,1-5H3. The average molecular weight is 313 g/mol. The number of carbonyl (C=O) groups excluding carboxylic acids is 1. The maximum atomic E-state index is 11.1. The van der Waals surface area contributed by atoms with E-state index in [4.69, 9.17) is 0 Å². The zero-order chi connectivity index (χ0) is 16.3. The third-order valence-electron chi connectivity index (χ3n) is 4.02. The molecule has 0 spiro atoms. The van der Waals surface area contributed by atoms with Crippen LogP contribution in [0.3, 0.4) is 0 Å². The molecule has 0 aliphatic rings. The molecule has 0 aromatic heterocycles. The van der Waals surface area contributed by atoms with Crippen LogP contribution in [0.5, 0.6) is 0 Å². The number of ether oxygens (including phenoxy) is 1. The molecular formula is C18H32O2S. The summed E-state index contributed by atoms with van der Waals surface area (Å²) in [4.78, 5) is 11.1. The molecule has 0 heterocycles. The second-order valence-corrected chi connectivity index (χ2v) is 6.81. The molecule has 2 nitrogen and oxygen atoms in total. The number of carbonyl (C=O) groups is 1. The number of methoxy groups -OCH3 is 1. The van der Waals surface area contributed by atoms with Crippen molar-refractivity contribution in [1.29, 1.82) is 0 Å². The van der Waals surface area contributed by atoms with Crippen LogP contribution in [0, 0.1) is 11.8 Å². The van der Waals surface area contributed by atoms with Crippen molar-refractivity contribution in [2.45, 2.75) is 65.0 Å². The van der Waals surface area contributed by atoms with Crippen molar-refractivity contribution >= 4 is 18.6 Å². The van der Waals surface area contributed by atoms with Gasteiger partial charge >= 0.3 is 5.97 Å². The van der Waals surface area contributed by atoms with Crippen LogP contribution < -0.4 is 0 Å². The molecule has 0 amide bonds. The van der Waals surface area contributed by atoms with E-state index in [0.717, 1.165) is 17.9 Å². The summed E-state index contributed by atoms with van der Waals surface area (Å²) in [6.07, 6.45) is 11.7. The first kappa shape index (κ1) is 20.3. The summed E-state index contributed by atoms with van der Waals surface area (Å²) < 4.78 is 4.61. The number of allylic oxidation sites excluding steroid dienone is 3. The Morgan fingerprint density at radius 2 is 1.95 bits per heavy atom. The minimum atomic E-state index is -0.301. The molecule has 3 heteroatoms. The van der Waals surface area contributed by atoms with Gasteiger partial charge in [0, 0.05) is 11.3 Å². The number of hydrogen-bond donors (Lipinski definition) is 1. The van der Waals surface area contributed by atoms with Crippen LogP contribution in [0.15, 0.2) is 23.8 Å². The fourth-order valence-electron chi connectivity index (χ4n) is 2.21. The van der Waals surface area contributed by atoms with E-state index in [9.17, 15) is 4.79 Å². The van der Waals surface area contributed by atoms with E-state index in [1.807, 2.05) is 13.0 Å². The maximum Gasteiger partial charge on any atom is 0.330 e. The highest BCUT2D eigenvalue weighted by Gasteiger charge is 2.12. The smallest absolute Gasteiger partial charge is 0.330 e. The van der Waals surface area contributed by atoms with Gasteiger partial charge in [-0.25, -0.2) is 4.79 Å². The summed E-state index contributed by atoms with van der Waals surface area (Å²) in [7, 11) is 1.39. The molecule has 21 heavy (non-hydrogen) atoms. The van der Waals surface area contributed by atoms with Gasteiger partial charge in [-0.3, -0.25) is 0 Å². The van der Waals surface area contributed by atoms with Crippen LogP contribution in [-0.2, 0) is 9.53 Å². The van der Waals surface area contributed by atoms with Crippen LogP contribution >= 0.6 is 12.6 Å². The van der Waals surface area contributed by atoms with Gasteiger partial charge in [0.2, 0.25) is 0 Å². The van der Waals surface area contributed by atoms with Crippen molar-refractivity contribution in [1.82, 2.24) is 0 Å². The molecule has 0 aromatic rings. The van der Waals surface area contributed by atoms with E-state index < -0.39 is 0 Å². The summed E-state index contributed by atoms with van der Waals surface area (Å²) in [5.74, 6) is 1.12. The predicted octanol–water partition coefficient (Wildman–Crippen LogP) is 5.20. The third kappa shape index (κ3) is 10.6. The Hall–Kier alpha value is -0.700. The summed E-state index contributed by atoms with van der Waals surface area (Å²) in [5, 5.41) is 0.400. The number of hydrogen-bond acceptors (Lipinski definition) is 3. The van der Waals surface area contributed by atoms with E-state index >= 15 is 0 Å². The van der Waals surface area contributed by atoms with Crippen LogP contribution in [0.4, 0.5) is 0 Å². The molecule has 0 bridgehead atoms. The molecule has 0 saturated carbocycles. The first-order chi connectivity index (χ1) is 9.90. The van der Waals surface area contributed by atoms with Gasteiger partial charge in [0.15, 0.2) is 0 Å². The van der Waals surface area contributed by atoms with Gasteiger partial charge in [-0.05, 0) is 37.2 Å². The van der Waals surface area contributed by atoms with E-state index in [2.05, 4.69) is 44.2 Å². The van der Waals surface area contributed by atoms with E-state index in [-0.39, 0.29) is 5.97 Å². The average Bonchev–Trinajstić information content (AvgIpc) is 2.44. The van der Waals surface area contributed by atoms with Crippen molar-refractivity contribution in [3.05, 3.63) is 23.8 Å². The van der Waals surface area contributed by atoms with Gasteiger partial charge in [-0.2, -0.15) is 12.6 Å². The molecule has 3 atom stereocenters. The second kappa shape index (κ2) is 11.9. The Morgan fingerprint density at radius 3 is 2.48 bits per heavy atom. The van der Waals surface area contributed by atoms with Crippen molar-refractivity contribution in [3.63, 3.8) is 0 Å². The fraction of sp³-hybridized carbons (Fsp3) is 0.722. The molecule has 0 N–H and O–H groups in total. The highest BCUT2D eigenvalue weighted by molar-refractivity contribution is 7.80. The van der Waals surface area contributed by atoms with Gasteiger partial charge in [0.25, 0.3) is 0 Å². The minimum Gasteiger partial charge on any atom is -0.466 e. The zero-order valence-corrected chi connectivity index (χ0v) is 15.2.